The van der Waals surface area contributed by atoms with E-state index in [0.717, 1.165) is 11.1 Å². The molecule has 0 bridgehead atoms. The summed E-state index contributed by atoms with van der Waals surface area (Å²) in [4.78, 5) is 0. The highest BCUT2D eigenvalue weighted by Gasteiger charge is 2.13. The molecule has 4 N–H and O–H groups in total. The van der Waals surface area contributed by atoms with Crippen molar-refractivity contribution in [1.82, 2.24) is 0 Å². The maximum atomic E-state index is 13.8. The van der Waals surface area contributed by atoms with E-state index in [2.05, 4.69) is 5.16 Å². The lowest BCUT2D eigenvalue weighted by Gasteiger charge is -2.12. The second-order valence-corrected chi connectivity index (χ2v) is 5.27. The lowest BCUT2D eigenvalue weighted by atomic mass is 9.93. The fourth-order valence-corrected chi connectivity index (χ4v) is 2.59. The molecule has 0 unspecified atom stereocenters. The Labute approximate surface area is 138 Å². The van der Waals surface area contributed by atoms with Gasteiger partial charge in [0.15, 0.2) is 5.84 Å². The molecule has 0 radical (unpaired) electrons. The molecule has 3 aromatic rings. The zero-order valence-electron chi connectivity index (χ0n) is 12.6. The van der Waals surface area contributed by atoms with E-state index in [1.165, 1.54) is 18.2 Å². The summed E-state index contributed by atoms with van der Waals surface area (Å²) in [7, 11) is 0. The van der Waals surface area contributed by atoms with E-state index < -0.39 is 0 Å². The number of oxime groups is 1. The second kappa shape index (κ2) is 6.42. The van der Waals surface area contributed by atoms with Crippen LogP contribution in [0.5, 0.6) is 5.75 Å². The summed E-state index contributed by atoms with van der Waals surface area (Å²) in [5.74, 6) is -0.707. The first kappa shape index (κ1) is 15.6. The molecule has 0 aliphatic carbocycles. The molecular weight excluding hydrogens is 307 g/mol. The Morgan fingerprint density at radius 1 is 0.875 bits per heavy atom. The SMILES string of the molecule is NC(=NO)c1cc(-c2cc(F)ccc2-c2ccccc2)ccc1O. The molecule has 0 spiro atoms. The first-order chi connectivity index (χ1) is 11.6. The van der Waals surface area contributed by atoms with Gasteiger partial charge < -0.3 is 16.0 Å². The lowest BCUT2D eigenvalue weighted by Crippen LogP contribution is -2.13. The number of hydrogen-bond acceptors (Lipinski definition) is 3. The summed E-state index contributed by atoms with van der Waals surface area (Å²) < 4.78 is 13.8. The van der Waals surface area contributed by atoms with E-state index in [4.69, 9.17) is 10.9 Å². The third kappa shape index (κ3) is 2.92. The number of nitrogens with two attached hydrogens (primary N) is 1. The highest BCUT2D eigenvalue weighted by molar-refractivity contribution is 6.01. The minimum Gasteiger partial charge on any atom is -0.507 e. The number of phenolic OH excluding ortho intramolecular Hbond substituents is 1. The monoisotopic (exact) mass is 322 g/mol. The van der Waals surface area contributed by atoms with Crippen LogP contribution in [0, 0.1) is 5.82 Å². The predicted molar refractivity (Wildman–Crippen MR) is 91.4 cm³/mol. The minimum absolute atomic E-state index is 0.119. The Bertz CT molecular complexity index is 908. The van der Waals surface area contributed by atoms with Crippen molar-refractivity contribution in [2.24, 2.45) is 10.9 Å². The van der Waals surface area contributed by atoms with Gasteiger partial charge in [0.1, 0.15) is 11.6 Å². The molecular formula is C19H15FN2O2. The van der Waals surface area contributed by atoms with E-state index >= 15 is 0 Å². The molecule has 0 atom stereocenters. The third-order valence-corrected chi connectivity index (χ3v) is 3.76. The number of aromatic hydroxyl groups is 1. The number of benzene rings is 3. The second-order valence-electron chi connectivity index (χ2n) is 5.27. The van der Waals surface area contributed by atoms with Gasteiger partial charge in [0.2, 0.25) is 0 Å². The maximum absolute atomic E-state index is 13.8. The van der Waals surface area contributed by atoms with Crippen LogP contribution in [0.25, 0.3) is 22.3 Å². The normalized spacial score (nSPS) is 11.5. The average molecular weight is 322 g/mol. The van der Waals surface area contributed by atoms with Crippen molar-refractivity contribution in [3.05, 3.63) is 78.1 Å². The van der Waals surface area contributed by atoms with Gasteiger partial charge in [0.25, 0.3) is 0 Å². The molecule has 4 nitrogen and oxygen atoms in total. The number of nitrogens with zero attached hydrogens (tertiary/aromatic N) is 1. The number of halogens is 1. The van der Waals surface area contributed by atoms with Crippen molar-refractivity contribution < 1.29 is 14.7 Å². The summed E-state index contributed by atoms with van der Waals surface area (Å²) in [6, 6.07) is 18.8. The van der Waals surface area contributed by atoms with Gasteiger partial charge in [-0.15, -0.1) is 0 Å². The first-order valence-corrected chi connectivity index (χ1v) is 7.26. The van der Waals surface area contributed by atoms with Crippen LogP contribution in [0.4, 0.5) is 4.39 Å². The Balaban J connectivity index is 2.22. The van der Waals surface area contributed by atoms with Crippen LogP contribution in [0.3, 0.4) is 0 Å². The molecule has 24 heavy (non-hydrogen) atoms. The van der Waals surface area contributed by atoms with Crippen LogP contribution in [0.1, 0.15) is 5.56 Å². The van der Waals surface area contributed by atoms with E-state index in [1.807, 2.05) is 30.3 Å². The van der Waals surface area contributed by atoms with Gasteiger partial charge in [-0.05, 0) is 46.5 Å². The number of hydrogen-bond donors (Lipinski definition) is 3. The quantitative estimate of drug-likeness (QED) is 0.295. The number of amidine groups is 1. The van der Waals surface area contributed by atoms with Crippen molar-refractivity contribution >= 4 is 5.84 Å². The van der Waals surface area contributed by atoms with Crippen LogP contribution in [0.2, 0.25) is 0 Å². The van der Waals surface area contributed by atoms with Gasteiger partial charge in [-0.3, -0.25) is 0 Å². The van der Waals surface area contributed by atoms with Crippen molar-refractivity contribution in [2.75, 3.05) is 0 Å². The van der Waals surface area contributed by atoms with Crippen LogP contribution >= 0.6 is 0 Å². The van der Waals surface area contributed by atoms with Crippen molar-refractivity contribution in [3.8, 4) is 28.0 Å². The van der Waals surface area contributed by atoms with Crippen LogP contribution in [-0.4, -0.2) is 16.1 Å². The van der Waals surface area contributed by atoms with Crippen LogP contribution in [-0.2, 0) is 0 Å². The van der Waals surface area contributed by atoms with Gasteiger partial charge in [0.05, 0.1) is 5.56 Å². The largest absolute Gasteiger partial charge is 0.507 e. The lowest BCUT2D eigenvalue weighted by molar-refractivity contribution is 0.318. The fourth-order valence-electron chi connectivity index (χ4n) is 2.59. The molecule has 0 aliphatic rings. The Morgan fingerprint density at radius 2 is 1.62 bits per heavy atom. The molecule has 3 aromatic carbocycles. The van der Waals surface area contributed by atoms with Crippen LogP contribution < -0.4 is 5.73 Å². The molecule has 0 saturated carbocycles. The molecule has 0 saturated heterocycles. The fraction of sp³-hybridized carbons (Fsp3) is 0. The van der Waals surface area contributed by atoms with E-state index in [0.29, 0.717) is 11.1 Å². The van der Waals surface area contributed by atoms with Gasteiger partial charge >= 0.3 is 0 Å². The molecule has 0 amide bonds. The summed E-state index contributed by atoms with van der Waals surface area (Å²) in [6.45, 7) is 0. The molecule has 3 rings (SSSR count). The zero-order chi connectivity index (χ0) is 17.1. The molecule has 120 valence electrons. The number of phenols is 1. The Hall–Kier alpha value is -3.34. The van der Waals surface area contributed by atoms with Gasteiger partial charge in [-0.25, -0.2) is 4.39 Å². The molecule has 0 heterocycles. The van der Waals surface area contributed by atoms with Gasteiger partial charge in [-0.1, -0.05) is 47.6 Å². The van der Waals surface area contributed by atoms with E-state index in [9.17, 15) is 9.50 Å². The van der Waals surface area contributed by atoms with E-state index in [-0.39, 0.29) is 23.0 Å². The highest BCUT2D eigenvalue weighted by Crippen LogP contribution is 2.34. The summed E-state index contributed by atoms with van der Waals surface area (Å²) in [5.41, 5.74) is 8.84. The summed E-state index contributed by atoms with van der Waals surface area (Å²) >= 11 is 0. The van der Waals surface area contributed by atoms with Gasteiger partial charge in [0, 0.05) is 0 Å². The average Bonchev–Trinajstić information content (AvgIpc) is 2.62. The van der Waals surface area contributed by atoms with Crippen LogP contribution in [0.15, 0.2) is 71.9 Å². The molecule has 0 aliphatic heterocycles. The minimum atomic E-state index is -0.372. The standard InChI is InChI=1S/C19H15FN2O2/c20-14-7-8-15(12-4-2-1-3-5-12)16(11-14)13-6-9-18(23)17(10-13)19(21)22-24/h1-11,23-24H,(H2,21,22). The number of rotatable bonds is 3. The Morgan fingerprint density at radius 3 is 2.33 bits per heavy atom. The zero-order valence-corrected chi connectivity index (χ0v) is 12.6. The predicted octanol–water partition coefficient (Wildman–Crippen LogP) is 3.96. The smallest absolute Gasteiger partial charge is 0.173 e. The molecule has 5 heteroatoms. The first-order valence-electron chi connectivity index (χ1n) is 7.26. The summed E-state index contributed by atoms with van der Waals surface area (Å²) in [5, 5.41) is 21.6. The summed E-state index contributed by atoms with van der Waals surface area (Å²) in [6.07, 6.45) is 0. The topological polar surface area (TPSA) is 78.8 Å². The van der Waals surface area contributed by atoms with E-state index in [1.54, 1.807) is 18.2 Å². The maximum Gasteiger partial charge on any atom is 0.173 e. The van der Waals surface area contributed by atoms with Gasteiger partial charge in [-0.2, -0.15) is 0 Å². The Kier molecular flexibility index (Phi) is 4.16. The van der Waals surface area contributed by atoms with Crippen molar-refractivity contribution in [3.63, 3.8) is 0 Å². The molecule has 0 aromatic heterocycles. The third-order valence-electron chi connectivity index (χ3n) is 3.76. The highest BCUT2D eigenvalue weighted by atomic mass is 19.1. The van der Waals surface area contributed by atoms with Crippen molar-refractivity contribution in [1.29, 1.82) is 0 Å². The van der Waals surface area contributed by atoms with Crippen molar-refractivity contribution in [2.45, 2.75) is 0 Å². The molecule has 0 fully saturated rings.